The van der Waals surface area contributed by atoms with E-state index in [0.29, 0.717) is 17.9 Å². The van der Waals surface area contributed by atoms with Crippen LogP contribution in [0.3, 0.4) is 0 Å². The van der Waals surface area contributed by atoms with E-state index in [0.717, 1.165) is 22.6 Å². The highest BCUT2D eigenvalue weighted by Crippen LogP contribution is 2.17. The molecule has 5 nitrogen and oxygen atoms in total. The van der Waals surface area contributed by atoms with Crippen LogP contribution in [0.4, 0.5) is 0 Å². The fraction of sp³-hybridized carbons (Fsp3) is 0.182. The van der Waals surface area contributed by atoms with Crippen LogP contribution in [-0.4, -0.2) is 17.1 Å². The average Bonchev–Trinajstić information content (AvgIpc) is 3.03. The van der Waals surface area contributed by atoms with E-state index in [9.17, 15) is 4.79 Å². The Labute approximate surface area is 158 Å². The number of hydrogen-bond acceptors (Lipinski definition) is 3. The van der Waals surface area contributed by atoms with Crippen molar-refractivity contribution in [2.45, 2.75) is 20.4 Å². The highest BCUT2D eigenvalue weighted by Gasteiger charge is 2.08. The zero-order chi connectivity index (χ0) is 19.2. The van der Waals surface area contributed by atoms with E-state index in [-0.39, 0.29) is 12.5 Å². The van der Waals surface area contributed by atoms with Crippen molar-refractivity contribution in [3.63, 3.8) is 0 Å². The molecule has 0 unspecified atom stereocenters. The molecule has 27 heavy (non-hydrogen) atoms. The van der Waals surface area contributed by atoms with Crippen LogP contribution in [0.5, 0.6) is 5.75 Å². The molecule has 0 fully saturated rings. The molecule has 0 saturated carbocycles. The number of nitriles is 1. The Morgan fingerprint density at radius 1 is 1.07 bits per heavy atom. The van der Waals surface area contributed by atoms with Crippen molar-refractivity contribution in [2.24, 2.45) is 0 Å². The third-order valence-corrected chi connectivity index (χ3v) is 4.31. The van der Waals surface area contributed by atoms with Gasteiger partial charge in [-0.15, -0.1) is 0 Å². The predicted octanol–water partition coefficient (Wildman–Crippen LogP) is 3.93. The molecular formula is C22H21N3O2. The van der Waals surface area contributed by atoms with Gasteiger partial charge in [0, 0.05) is 29.2 Å². The molecule has 0 spiro atoms. The summed E-state index contributed by atoms with van der Waals surface area (Å²) in [4.78, 5) is 12.4. The van der Waals surface area contributed by atoms with E-state index in [1.54, 1.807) is 6.07 Å². The van der Waals surface area contributed by atoms with Crippen molar-refractivity contribution in [3.8, 4) is 17.5 Å². The van der Waals surface area contributed by atoms with Crippen LogP contribution < -0.4 is 10.1 Å². The Hall–Kier alpha value is -3.52. The lowest BCUT2D eigenvalue weighted by molar-refractivity contribution is 0.0951. The van der Waals surface area contributed by atoms with Gasteiger partial charge < -0.3 is 14.6 Å². The minimum Gasteiger partial charge on any atom is -0.479 e. The van der Waals surface area contributed by atoms with Gasteiger partial charge in [-0.25, -0.2) is 0 Å². The number of amides is 1. The molecule has 1 N–H and O–H groups in total. The first-order valence-corrected chi connectivity index (χ1v) is 8.71. The van der Waals surface area contributed by atoms with Crippen LogP contribution in [0.1, 0.15) is 27.3 Å². The maximum atomic E-state index is 12.4. The third-order valence-electron chi connectivity index (χ3n) is 4.31. The van der Waals surface area contributed by atoms with Gasteiger partial charge in [-0.2, -0.15) is 5.26 Å². The summed E-state index contributed by atoms with van der Waals surface area (Å²) >= 11 is 0. The predicted molar refractivity (Wildman–Crippen MR) is 104 cm³/mol. The molecule has 0 saturated heterocycles. The van der Waals surface area contributed by atoms with Gasteiger partial charge in [-0.3, -0.25) is 4.79 Å². The van der Waals surface area contributed by atoms with Crippen molar-refractivity contribution >= 4 is 5.91 Å². The van der Waals surface area contributed by atoms with Gasteiger partial charge in [0.25, 0.3) is 5.91 Å². The van der Waals surface area contributed by atoms with Gasteiger partial charge in [0.15, 0.2) is 6.61 Å². The number of benzene rings is 2. The van der Waals surface area contributed by atoms with Crippen molar-refractivity contribution in [2.75, 3.05) is 6.61 Å². The summed E-state index contributed by atoms with van der Waals surface area (Å²) in [7, 11) is 0. The lowest BCUT2D eigenvalue weighted by Crippen LogP contribution is -2.22. The van der Waals surface area contributed by atoms with E-state index in [2.05, 4.69) is 35.9 Å². The minimum absolute atomic E-state index is 0.00248. The number of aryl methyl sites for hydroxylation is 2. The van der Waals surface area contributed by atoms with Crippen LogP contribution in [0.25, 0.3) is 5.69 Å². The largest absolute Gasteiger partial charge is 0.479 e. The highest BCUT2D eigenvalue weighted by atomic mass is 16.5. The normalized spacial score (nSPS) is 10.3. The summed E-state index contributed by atoms with van der Waals surface area (Å²) in [5, 5.41) is 11.5. The topological polar surface area (TPSA) is 67.1 Å². The van der Waals surface area contributed by atoms with Crippen molar-refractivity contribution in [3.05, 3.63) is 83.2 Å². The minimum atomic E-state index is -0.133. The Morgan fingerprint density at radius 3 is 2.44 bits per heavy atom. The number of aromatic nitrogens is 1. The van der Waals surface area contributed by atoms with E-state index in [1.807, 2.05) is 48.5 Å². The SMILES string of the molecule is Cc1ccc(C)n1-c1ccc(C(=O)NCc2cccc(OCC#N)c2)cc1. The maximum absolute atomic E-state index is 12.4. The fourth-order valence-electron chi connectivity index (χ4n) is 2.98. The van der Waals surface area contributed by atoms with E-state index in [1.165, 1.54) is 0 Å². The van der Waals surface area contributed by atoms with Gasteiger partial charge in [0.1, 0.15) is 11.8 Å². The lowest BCUT2D eigenvalue weighted by Gasteiger charge is -2.11. The molecule has 0 aliphatic heterocycles. The van der Waals surface area contributed by atoms with Crippen LogP contribution >= 0.6 is 0 Å². The second-order valence-electron chi connectivity index (χ2n) is 6.28. The third kappa shape index (κ3) is 4.36. The summed E-state index contributed by atoms with van der Waals surface area (Å²) in [5.74, 6) is 0.482. The summed E-state index contributed by atoms with van der Waals surface area (Å²) in [6.45, 7) is 4.51. The molecule has 0 aliphatic rings. The Morgan fingerprint density at radius 2 is 1.78 bits per heavy atom. The summed E-state index contributed by atoms with van der Waals surface area (Å²) in [6.07, 6.45) is 0. The van der Waals surface area contributed by atoms with Gasteiger partial charge >= 0.3 is 0 Å². The van der Waals surface area contributed by atoms with Crippen LogP contribution in [0.15, 0.2) is 60.7 Å². The monoisotopic (exact) mass is 359 g/mol. The van der Waals surface area contributed by atoms with E-state index in [4.69, 9.17) is 10.00 Å². The molecule has 1 heterocycles. The van der Waals surface area contributed by atoms with Crippen LogP contribution in [-0.2, 0) is 6.54 Å². The van der Waals surface area contributed by atoms with Gasteiger partial charge in [0.2, 0.25) is 0 Å². The van der Waals surface area contributed by atoms with Crippen molar-refractivity contribution in [1.82, 2.24) is 9.88 Å². The second-order valence-corrected chi connectivity index (χ2v) is 6.28. The summed E-state index contributed by atoms with van der Waals surface area (Å²) < 4.78 is 7.43. The summed E-state index contributed by atoms with van der Waals surface area (Å²) in [6, 6.07) is 21.0. The first kappa shape index (κ1) is 18.3. The van der Waals surface area contributed by atoms with Crippen molar-refractivity contribution < 1.29 is 9.53 Å². The van der Waals surface area contributed by atoms with Gasteiger partial charge in [-0.05, 0) is 67.9 Å². The van der Waals surface area contributed by atoms with Crippen molar-refractivity contribution in [1.29, 1.82) is 5.26 Å². The molecule has 5 heteroatoms. The second kappa shape index (κ2) is 8.24. The number of carbonyl (C=O) groups is 1. The number of nitrogens with zero attached hydrogens (tertiary/aromatic N) is 2. The Balaban J connectivity index is 1.64. The van der Waals surface area contributed by atoms with Gasteiger partial charge in [0.05, 0.1) is 0 Å². The highest BCUT2D eigenvalue weighted by molar-refractivity contribution is 5.94. The van der Waals surface area contributed by atoms with Crippen LogP contribution in [0.2, 0.25) is 0 Å². The molecule has 3 rings (SSSR count). The Kier molecular flexibility index (Phi) is 5.58. The summed E-state index contributed by atoms with van der Waals surface area (Å²) in [5.41, 5.74) is 4.87. The molecular weight excluding hydrogens is 338 g/mol. The molecule has 1 aromatic heterocycles. The van der Waals surface area contributed by atoms with E-state index < -0.39 is 0 Å². The zero-order valence-corrected chi connectivity index (χ0v) is 15.4. The van der Waals surface area contributed by atoms with Crippen LogP contribution in [0, 0.1) is 25.2 Å². The standard InChI is InChI=1S/C22H21N3O2/c1-16-6-7-17(2)25(16)20-10-8-19(9-11-20)22(26)24-15-18-4-3-5-21(14-18)27-13-12-23/h3-11,14H,13,15H2,1-2H3,(H,24,26). The zero-order valence-electron chi connectivity index (χ0n) is 15.4. The number of hydrogen-bond donors (Lipinski definition) is 1. The maximum Gasteiger partial charge on any atom is 0.251 e. The molecule has 0 bridgehead atoms. The molecule has 1 amide bonds. The number of carbonyl (C=O) groups excluding carboxylic acids is 1. The van der Waals surface area contributed by atoms with E-state index >= 15 is 0 Å². The Bertz CT molecular complexity index is 962. The lowest BCUT2D eigenvalue weighted by atomic mass is 10.1. The average molecular weight is 359 g/mol. The molecule has 136 valence electrons. The quantitative estimate of drug-likeness (QED) is 0.725. The number of nitrogens with one attached hydrogen (secondary N) is 1. The smallest absolute Gasteiger partial charge is 0.251 e. The molecule has 0 atom stereocenters. The fourth-order valence-corrected chi connectivity index (χ4v) is 2.98. The molecule has 3 aromatic rings. The number of ether oxygens (including phenoxy) is 1. The molecule has 2 aromatic carbocycles. The first-order valence-electron chi connectivity index (χ1n) is 8.71. The first-order chi connectivity index (χ1) is 13.1. The molecule has 0 radical (unpaired) electrons. The molecule has 0 aliphatic carbocycles. The van der Waals surface area contributed by atoms with Gasteiger partial charge in [-0.1, -0.05) is 12.1 Å². The number of rotatable bonds is 6.